The number of aryl methyl sites for hydroxylation is 3. The van der Waals surface area contributed by atoms with Gasteiger partial charge < -0.3 is 14.4 Å². The SMILES string of the molecule is Cc1cc(C)c(CN2CCc3c(Cl)cc(-c4conc4C)c(Cl)c3C2=O)c(=O)[nH]1. The zero-order chi connectivity index (χ0) is 20.9. The summed E-state index contributed by atoms with van der Waals surface area (Å²) in [5, 5.41) is 4.68. The van der Waals surface area contributed by atoms with Gasteiger partial charge in [-0.05, 0) is 50.5 Å². The van der Waals surface area contributed by atoms with Crippen LogP contribution in [0, 0.1) is 20.8 Å². The summed E-state index contributed by atoms with van der Waals surface area (Å²) in [6.45, 7) is 6.17. The Balaban J connectivity index is 1.77. The first-order valence-corrected chi connectivity index (χ1v) is 9.94. The van der Waals surface area contributed by atoms with E-state index in [-0.39, 0.29) is 18.0 Å². The molecule has 150 valence electrons. The van der Waals surface area contributed by atoms with E-state index in [1.807, 2.05) is 19.9 Å². The van der Waals surface area contributed by atoms with Crippen LogP contribution in [0.2, 0.25) is 10.0 Å². The lowest BCUT2D eigenvalue weighted by Crippen LogP contribution is -2.39. The van der Waals surface area contributed by atoms with Crippen LogP contribution >= 0.6 is 23.2 Å². The predicted octanol–water partition coefficient (Wildman–Crippen LogP) is 4.46. The number of halogens is 2. The summed E-state index contributed by atoms with van der Waals surface area (Å²) >= 11 is 13.2. The lowest BCUT2D eigenvalue weighted by atomic mass is 9.93. The second kappa shape index (κ2) is 7.35. The number of aromatic amines is 1. The molecule has 0 saturated heterocycles. The standard InChI is InChI=1S/C21H19Cl2N3O3/c1-10-6-11(2)24-20(27)15(10)8-26-5-4-13-17(22)7-14(16-9-29-25-12(16)3)19(23)18(13)21(26)28/h6-7,9H,4-5,8H2,1-3H3,(H,24,27). The van der Waals surface area contributed by atoms with E-state index in [0.29, 0.717) is 51.0 Å². The minimum atomic E-state index is -0.242. The van der Waals surface area contributed by atoms with Crippen molar-refractivity contribution in [1.82, 2.24) is 15.0 Å². The predicted molar refractivity (Wildman–Crippen MR) is 112 cm³/mol. The lowest BCUT2D eigenvalue weighted by Gasteiger charge is -2.30. The molecule has 0 aliphatic carbocycles. The maximum atomic E-state index is 13.3. The first-order valence-electron chi connectivity index (χ1n) is 9.18. The Labute approximate surface area is 177 Å². The summed E-state index contributed by atoms with van der Waals surface area (Å²) in [4.78, 5) is 30.2. The summed E-state index contributed by atoms with van der Waals surface area (Å²) in [6.07, 6.45) is 2.05. The van der Waals surface area contributed by atoms with Gasteiger partial charge in [-0.25, -0.2) is 0 Å². The number of H-pyrrole nitrogens is 1. The zero-order valence-electron chi connectivity index (χ0n) is 16.2. The van der Waals surface area contributed by atoms with Crippen LogP contribution in [-0.2, 0) is 13.0 Å². The van der Waals surface area contributed by atoms with Crippen LogP contribution in [0.25, 0.3) is 11.1 Å². The fourth-order valence-electron chi connectivity index (χ4n) is 3.80. The van der Waals surface area contributed by atoms with E-state index >= 15 is 0 Å². The van der Waals surface area contributed by atoms with Crippen LogP contribution in [0.1, 0.15) is 38.4 Å². The van der Waals surface area contributed by atoms with Crippen LogP contribution < -0.4 is 5.56 Å². The molecule has 6 nitrogen and oxygen atoms in total. The van der Waals surface area contributed by atoms with Gasteiger partial charge in [0.2, 0.25) is 0 Å². The highest BCUT2D eigenvalue weighted by molar-refractivity contribution is 6.39. The number of nitrogens with zero attached hydrogens (tertiary/aromatic N) is 2. The number of nitrogens with one attached hydrogen (secondary N) is 1. The quantitative estimate of drug-likeness (QED) is 0.663. The molecule has 0 spiro atoms. The molecule has 8 heteroatoms. The second-order valence-corrected chi connectivity index (χ2v) is 8.09. The largest absolute Gasteiger partial charge is 0.364 e. The number of rotatable bonds is 3. The maximum Gasteiger partial charge on any atom is 0.256 e. The smallest absolute Gasteiger partial charge is 0.256 e. The molecule has 1 amide bonds. The molecular formula is C21H19Cl2N3O3. The number of carbonyl (C=O) groups excluding carboxylic acids is 1. The van der Waals surface area contributed by atoms with E-state index in [1.54, 1.807) is 17.9 Å². The number of aromatic nitrogens is 2. The molecule has 2 aromatic heterocycles. The van der Waals surface area contributed by atoms with E-state index in [4.69, 9.17) is 27.7 Å². The fraction of sp³-hybridized carbons (Fsp3) is 0.286. The van der Waals surface area contributed by atoms with Crippen LogP contribution in [0.5, 0.6) is 0 Å². The summed E-state index contributed by atoms with van der Waals surface area (Å²) in [6, 6.07) is 3.65. The average molecular weight is 432 g/mol. The average Bonchev–Trinajstić information content (AvgIpc) is 3.07. The molecule has 0 bridgehead atoms. The van der Waals surface area contributed by atoms with Gasteiger partial charge in [0.1, 0.15) is 6.26 Å². The van der Waals surface area contributed by atoms with Gasteiger partial charge in [-0.2, -0.15) is 0 Å². The molecule has 1 aromatic carbocycles. The van der Waals surface area contributed by atoms with Gasteiger partial charge in [0.25, 0.3) is 11.5 Å². The normalized spacial score (nSPS) is 13.7. The molecule has 1 N–H and O–H groups in total. The minimum absolute atomic E-state index is 0.181. The minimum Gasteiger partial charge on any atom is -0.364 e. The van der Waals surface area contributed by atoms with Crippen molar-refractivity contribution < 1.29 is 9.32 Å². The van der Waals surface area contributed by atoms with Gasteiger partial charge in [0, 0.05) is 34.0 Å². The van der Waals surface area contributed by atoms with Gasteiger partial charge in [-0.1, -0.05) is 28.4 Å². The van der Waals surface area contributed by atoms with Crippen LogP contribution in [0.3, 0.4) is 0 Å². The molecule has 0 fully saturated rings. The topological polar surface area (TPSA) is 79.2 Å². The molecule has 1 aliphatic rings. The molecule has 0 radical (unpaired) electrons. The van der Waals surface area contributed by atoms with E-state index in [2.05, 4.69) is 10.1 Å². The molecule has 4 rings (SSSR count). The molecule has 0 saturated carbocycles. The molecule has 3 aromatic rings. The van der Waals surface area contributed by atoms with Crippen molar-refractivity contribution in [3.8, 4) is 11.1 Å². The molecule has 0 unspecified atom stereocenters. The number of benzene rings is 1. The number of fused-ring (bicyclic) bond motifs is 1. The number of pyridine rings is 1. The van der Waals surface area contributed by atoms with Crippen molar-refractivity contribution >= 4 is 29.1 Å². The third-order valence-corrected chi connectivity index (χ3v) is 6.06. The molecular weight excluding hydrogens is 413 g/mol. The fourth-order valence-corrected chi connectivity index (χ4v) is 4.45. The van der Waals surface area contributed by atoms with Gasteiger partial charge in [-0.15, -0.1) is 0 Å². The molecule has 1 aliphatic heterocycles. The van der Waals surface area contributed by atoms with Gasteiger partial charge in [0.05, 0.1) is 22.8 Å². The van der Waals surface area contributed by atoms with Crippen molar-refractivity contribution in [3.63, 3.8) is 0 Å². The van der Waals surface area contributed by atoms with Crippen molar-refractivity contribution in [2.75, 3.05) is 6.54 Å². The van der Waals surface area contributed by atoms with Gasteiger partial charge in [-0.3, -0.25) is 9.59 Å². The Morgan fingerprint density at radius 3 is 2.59 bits per heavy atom. The number of carbonyl (C=O) groups is 1. The van der Waals surface area contributed by atoms with Crippen molar-refractivity contribution in [1.29, 1.82) is 0 Å². The van der Waals surface area contributed by atoms with Crippen molar-refractivity contribution in [2.45, 2.75) is 33.7 Å². The highest BCUT2D eigenvalue weighted by atomic mass is 35.5. The van der Waals surface area contributed by atoms with Crippen LogP contribution in [0.15, 0.2) is 27.7 Å². The zero-order valence-corrected chi connectivity index (χ0v) is 17.7. The van der Waals surface area contributed by atoms with E-state index < -0.39 is 0 Å². The first-order chi connectivity index (χ1) is 13.8. The molecule has 29 heavy (non-hydrogen) atoms. The number of hydrogen-bond acceptors (Lipinski definition) is 4. The summed E-state index contributed by atoms with van der Waals surface area (Å²) < 4.78 is 5.02. The Hall–Kier alpha value is -2.57. The monoisotopic (exact) mass is 431 g/mol. The summed E-state index contributed by atoms with van der Waals surface area (Å²) in [5.41, 5.74) is 5.08. The summed E-state index contributed by atoms with van der Waals surface area (Å²) in [5.74, 6) is -0.242. The molecule has 3 heterocycles. The van der Waals surface area contributed by atoms with Crippen molar-refractivity contribution in [3.05, 3.63) is 72.4 Å². The highest BCUT2D eigenvalue weighted by Gasteiger charge is 2.31. The van der Waals surface area contributed by atoms with E-state index in [9.17, 15) is 9.59 Å². The lowest BCUT2D eigenvalue weighted by molar-refractivity contribution is 0.0726. The Bertz CT molecular complexity index is 1200. The Morgan fingerprint density at radius 1 is 1.17 bits per heavy atom. The Kier molecular flexibility index (Phi) is 5.00. The third-order valence-electron chi connectivity index (χ3n) is 5.33. The van der Waals surface area contributed by atoms with Gasteiger partial charge in [0.15, 0.2) is 0 Å². The third kappa shape index (κ3) is 3.36. The second-order valence-electron chi connectivity index (χ2n) is 7.31. The van der Waals surface area contributed by atoms with E-state index in [0.717, 1.165) is 16.8 Å². The Morgan fingerprint density at radius 2 is 1.93 bits per heavy atom. The van der Waals surface area contributed by atoms with E-state index in [1.165, 1.54) is 6.26 Å². The summed E-state index contributed by atoms with van der Waals surface area (Å²) in [7, 11) is 0. The number of hydrogen-bond donors (Lipinski definition) is 1. The van der Waals surface area contributed by atoms with Crippen LogP contribution in [-0.4, -0.2) is 27.5 Å². The van der Waals surface area contributed by atoms with Crippen molar-refractivity contribution in [2.24, 2.45) is 0 Å². The maximum absolute atomic E-state index is 13.3. The highest BCUT2D eigenvalue weighted by Crippen LogP contribution is 2.40. The van der Waals surface area contributed by atoms with Crippen LogP contribution in [0.4, 0.5) is 0 Å². The number of amides is 1. The van der Waals surface area contributed by atoms with Gasteiger partial charge >= 0.3 is 0 Å². The first kappa shape index (κ1) is 19.7. The molecule has 0 atom stereocenters.